The Morgan fingerprint density at radius 3 is 2.36 bits per heavy atom. The standard InChI is InChI=1S/C25H36N4O7/c1-11-16(21-28-17(15(4)35-21)19(30)26-14(3)22(32)34-10)27-20(31)18-13(2)12-25(8,9)29(18)23(33)36-24(5,6)7/h11,13,18H,3,12H2,1-2,4-10H3,(H,26,30)(H,27,31)/b16-11-/t13-,18-/m0/s1. The predicted octanol–water partition coefficient (Wildman–Crippen LogP) is 3.30. The van der Waals surface area contributed by atoms with Crippen LogP contribution in [0.3, 0.4) is 0 Å². The summed E-state index contributed by atoms with van der Waals surface area (Å²) in [6.45, 7) is 17.6. The van der Waals surface area contributed by atoms with Gasteiger partial charge in [-0.25, -0.2) is 14.6 Å². The van der Waals surface area contributed by atoms with Crippen molar-refractivity contribution in [3.05, 3.63) is 35.7 Å². The number of likely N-dealkylation sites (tertiary alicyclic amines) is 1. The van der Waals surface area contributed by atoms with Gasteiger partial charge in [-0.15, -0.1) is 0 Å². The molecule has 3 amide bonds. The summed E-state index contributed by atoms with van der Waals surface area (Å²) >= 11 is 0. The summed E-state index contributed by atoms with van der Waals surface area (Å²) in [5.74, 6) is -1.95. The lowest BCUT2D eigenvalue weighted by molar-refractivity contribution is -0.136. The molecular weight excluding hydrogens is 468 g/mol. The lowest BCUT2D eigenvalue weighted by Gasteiger charge is -2.36. The maximum atomic E-state index is 13.4. The number of allylic oxidation sites excluding steroid dienone is 1. The van der Waals surface area contributed by atoms with Crippen molar-refractivity contribution in [2.24, 2.45) is 5.92 Å². The van der Waals surface area contributed by atoms with Crippen LogP contribution in [0.2, 0.25) is 0 Å². The van der Waals surface area contributed by atoms with Crippen molar-refractivity contribution >= 4 is 29.6 Å². The molecule has 198 valence electrons. The number of aromatic nitrogens is 1. The number of esters is 1. The highest BCUT2D eigenvalue weighted by atomic mass is 16.6. The van der Waals surface area contributed by atoms with E-state index < -0.39 is 41.1 Å². The molecule has 2 atom stereocenters. The summed E-state index contributed by atoms with van der Waals surface area (Å²) in [5.41, 5.74) is -1.46. The summed E-state index contributed by atoms with van der Waals surface area (Å²) in [5, 5.41) is 5.08. The summed E-state index contributed by atoms with van der Waals surface area (Å²) < 4.78 is 15.7. The third-order valence-corrected chi connectivity index (χ3v) is 5.63. The number of carbonyl (C=O) groups is 4. The van der Waals surface area contributed by atoms with Gasteiger partial charge in [-0.05, 0) is 60.8 Å². The van der Waals surface area contributed by atoms with Crippen LogP contribution in [0.25, 0.3) is 5.70 Å². The molecule has 1 aromatic rings. The third kappa shape index (κ3) is 6.32. The monoisotopic (exact) mass is 504 g/mol. The van der Waals surface area contributed by atoms with E-state index in [-0.39, 0.29) is 34.7 Å². The van der Waals surface area contributed by atoms with Crippen LogP contribution in [-0.4, -0.2) is 58.1 Å². The molecule has 0 saturated carbocycles. The number of aryl methyl sites for hydroxylation is 1. The molecule has 11 nitrogen and oxygen atoms in total. The molecule has 36 heavy (non-hydrogen) atoms. The highest BCUT2D eigenvalue weighted by Crippen LogP contribution is 2.39. The third-order valence-electron chi connectivity index (χ3n) is 5.63. The Balaban J connectivity index is 2.27. The van der Waals surface area contributed by atoms with Crippen molar-refractivity contribution in [3.8, 4) is 0 Å². The second-order valence-corrected chi connectivity index (χ2v) is 10.3. The lowest BCUT2D eigenvalue weighted by Crippen LogP contribution is -2.54. The Bertz CT molecular complexity index is 1090. The van der Waals surface area contributed by atoms with Crippen LogP contribution in [0.4, 0.5) is 4.79 Å². The van der Waals surface area contributed by atoms with Crippen LogP contribution in [0, 0.1) is 12.8 Å². The largest absolute Gasteiger partial charge is 0.464 e. The zero-order valence-corrected chi connectivity index (χ0v) is 22.4. The van der Waals surface area contributed by atoms with E-state index >= 15 is 0 Å². The van der Waals surface area contributed by atoms with Gasteiger partial charge in [0.05, 0.1) is 12.8 Å². The first-order chi connectivity index (χ1) is 16.5. The first-order valence-corrected chi connectivity index (χ1v) is 11.6. The number of nitrogens with one attached hydrogen (secondary N) is 2. The van der Waals surface area contributed by atoms with Gasteiger partial charge < -0.3 is 24.5 Å². The van der Waals surface area contributed by atoms with Gasteiger partial charge in [-0.2, -0.15) is 0 Å². The van der Waals surface area contributed by atoms with Gasteiger partial charge in [0.15, 0.2) is 5.69 Å². The van der Waals surface area contributed by atoms with Crippen LogP contribution in [0.5, 0.6) is 0 Å². The smallest absolute Gasteiger partial charge is 0.411 e. The van der Waals surface area contributed by atoms with Gasteiger partial charge in [0.2, 0.25) is 11.8 Å². The molecule has 1 fully saturated rings. The minimum Gasteiger partial charge on any atom is -0.464 e. The van der Waals surface area contributed by atoms with Crippen molar-refractivity contribution < 1.29 is 33.1 Å². The van der Waals surface area contributed by atoms with E-state index in [0.717, 1.165) is 7.11 Å². The molecule has 1 aromatic heterocycles. The number of hydrogen-bond donors (Lipinski definition) is 2. The maximum absolute atomic E-state index is 13.4. The second kappa shape index (κ2) is 10.5. The molecule has 0 radical (unpaired) electrons. The van der Waals surface area contributed by atoms with Crippen LogP contribution in [0.15, 0.2) is 22.8 Å². The topological polar surface area (TPSA) is 140 Å². The number of nitrogens with zero attached hydrogens (tertiary/aromatic N) is 2. The fraction of sp³-hybridized carbons (Fsp3) is 0.560. The molecule has 0 spiro atoms. The number of hydrogen-bond acceptors (Lipinski definition) is 8. The van der Waals surface area contributed by atoms with Crippen molar-refractivity contribution in [2.75, 3.05) is 7.11 Å². The molecule has 11 heteroatoms. The molecule has 1 aliphatic heterocycles. The highest BCUT2D eigenvalue weighted by Gasteiger charge is 2.51. The normalized spacial score (nSPS) is 19.5. The Kier molecular flexibility index (Phi) is 8.38. The number of amides is 3. The van der Waals surface area contributed by atoms with Gasteiger partial charge >= 0.3 is 12.1 Å². The van der Waals surface area contributed by atoms with Crippen molar-refractivity contribution in [2.45, 2.75) is 79.0 Å². The number of rotatable bonds is 6. The van der Waals surface area contributed by atoms with E-state index in [2.05, 4.69) is 26.9 Å². The van der Waals surface area contributed by atoms with Gasteiger partial charge in [0, 0.05) is 5.54 Å². The van der Waals surface area contributed by atoms with Crippen LogP contribution >= 0.6 is 0 Å². The van der Waals surface area contributed by atoms with E-state index in [1.807, 2.05) is 20.8 Å². The SMILES string of the molecule is C=C(NC(=O)c1nc(/C(=C/C)NC(=O)[C@@H]2[C@@H](C)CC(C)(C)N2C(=O)OC(C)(C)C)oc1C)C(=O)OC. The molecule has 0 bridgehead atoms. The number of oxazole rings is 1. The number of methoxy groups -OCH3 is 1. The molecule has 0 aliphatic carbocycles. The van der Waals surface area contributed by atoms with E-state index in [4.69, 9.17) is 9.15 Å². The number of ether oxygens (including phenoxy) is 2. The van der Waals surface area contributed by atoms with Crippen molar-refractivity contribution in [3.63, 3.8) is 0 Å². The summed E-state index contributed by atoms with van der Waals surface area (Å²) in [4.78, 5) is 56.2. The zero-order chi connectivity index (χ0) is 27.6. The van der Waals surface area contributed by atoms with E-state index in [1.54, 1.807) is 33.8 Å². The Morgan fingerprint density at radius 1 is 1.22 bits per heavy atom. The Hall–Kier alpha value is -3.63. The fourth-order valence-electron chi connectivity index (χ4n) is 4.22. The molecule has 2 heterocycles. The average Bonchev–Trinajstić information content (AvgIpc) is 3.25. The van der Waals surface area contributed by atoms with Crippen LogP contribution in [0.1, 0.15) is 77.0 Å². The van der Waals surface area contributed by atoms with Crippen LogP contribution < -0.4 is 10.6 Å². The molecule has 2 rings (SSSR count). The zero-order valence-electron chi connectivity index (χ0n) is 22.4. The molecule has 1 saturated heterocycles. The van der Waals surface area contributed by atoms with Gasteiger partial charge in [-0.1, -0.05) is 19.6 Å². The predicted molar refractivity (Wildman–Crippen MR) is 131 cm³/mol. The lowest BCUT2D eigenvalue weighted by atomic mass is 9.95. The van der Waals surface area contributed by atoms with E-state index in [1.165, 1.54) is 11.8 Å². The van der Waals surface area contributed by atoms with E-state index in [9.17, 15) is 19.2 Å². The first-order valence-electron chi connectivity index (χ1n) is 11.6. The first kappa shape index (κ1) is 28.6. The van der Waals surface area contributed by atoms with Crippen molar-refractivity contribution in [1.29, 1.82) is 0 Å². The van der Waals surface area contributed by atoms with Gasteiger partial charge in [-0.3, -0.25) is 14.5 Å². The summed E-state index contributed by atoms with van der Waals surface area (Å²) in [6.07, 6.45) is 1.60. The summed E-state index contributed by atoms with van der Waals surface area (Å²) in [6, 6.07) is -0.799. The molecular formula is C25H36N4O7. The quantitative estimate of drug-likeness (QED) is 0.444. The maximum Gasteiger partial charge on any atom is 0.411 e. The summed E-state index contributed by atoms with van der Waals surface area (Å²) in [7, 11) is 1.16. The molecule has 1 aliphatic rings. The fourth-order valence-corrected chi connectivity index (χ4v) is 4.22. The minimum absolute atomic E-state index is 0.00842. The molecule has 0 aromatic carbocycles. The minimum atomic E-state index is -0.799. The number of carbonyl (C=O) groups excluding carboxylic acids is 4. The highest BCUT2D eigenvalue weighted by molar-refractivity contribution is 6.00. The average molecular weight is 505 g/mol. The Morgan fingerprint density at radius 2 is 1.83 bits per heavy atom. The van der Waals surface area contributed by atoms with Crippen molar-refractivity contribution in [1.82, 2.24) is 20.5 Å². The van der Waals surface area contributed by atoms with Crippen LogP contribution in [-0.2, 0) is 19.1 Å². The van der Waals surface area contributed by atoms with Gasteiger partial charge in [0.25, 0.3) is 5.91 Å². The second-order valence-electron chi connectivity index (χ2n) is 10.3. The Labute approximate surface area is 211 Å². The molecule has 0 unspecified atom stereocenters. The van der Waals surface area contributed by atoms with E-state index in [0.29, 0.717) is 6.42 Å². The van der Waals surface area contributed by atoms with Gasteiger partial charge in [0.1, 0.15) is 23.1 Å². The molecule has 2 N–H and O–H groups in total.